The van der Waals surface area contributed by atoms with E-state index in [0.717, 1.165) is 27.1 Å². The van der Waals surface area contributed by atoms with E-state index >= 15 is 0 Å². The van der Waals surface area contributed by atoms with Gasteiger partial charge in [-0.2, -0.15) is 0 Å². The van der Waals surface area contributed by atoms with E-state index in [0.29, 0.717) is 13.1 Å². The molecule has 1 amide bonds. The van der Waals surface area contributed by atoms with Gasteiger partial charge in [0, 0.05) is 16.6 Å². The second-order valence-electron chi connectivity index (χ2n) is 6.20. The third-order valence-electron chi connectivity index (χ3n) is 4.06. The van der Waals surface area contributed by atoms with Crippen molar-refractivity contribution in [2.45, 2.75) is 19.5 Å². The van der Waals surface area contributed by atoms with E-state index in [1.54, 1.807) is 14.2 Å². The highest BCUT2D eigenvalue weighted by atomic mass is 79.9. The highest BCUT2D eigenvalue weighted by Crippen LogP contribution is 2.29. The van der Waals surface area contributed by atoms with Crippen molar-refractivity contribution in [3.8, 4) is 11.5 Å². The lowest BCUT2D eigenvalue weighted by atomic mass is 10.1. The number of carbonyl (C=O) groups excluding carboxylic acids is 1. The van der Waals surface area contributed by atoms with Crippen LogP contribution in [0.25, 0.3) is 0 Å². The Balaban J connectivity index is 1.95. The number of amides is 1. The molecule has 0 saturated heterocycles. The first-order valence-electron chi connectivity index (χ1n) is 8.37. The standard InChI is InChI=1S/C20H25BrN2O3/c1-14(18-11-17(25-3)9-10-19(18)26-4)22-20(24)13-23(2)12-15-5-7-16(21)8-6-15/h5-11,14H,12-13H2,1-4H3,(H,22,24)/t14-/m0/s1. The maximum Gasteiger partial charge on any atom is 0.234 e. The number of nitrogens with zero attached hydrogens (tertiary/aromatic N) is 1. The largest absolute Gasteiger partial charge is 0.497 e. The predicted octanol–water partition coefficient (Wildman–Crippen LogP) is 3.78. The first-order valence-corrected chi connectivity index (χ1v) is 9.16. The quantitative estimate of drug-likeness (QED) is 0.705. The van der Waals surface area contributed by atoms with E-state index in [4.69, 9.17) is 9.47 Å². The number of rotatable bonds is 8. The molecule has 0 aliphatic heterocycles. The lowest BCUT2D eigenvalue weighted by Crippen LogP contribution is -2.36. The van der Waals surface area contributed by atoms with Crippen molar-refractivity contribution in [2.24, 2.45) is 0 Å². The number of methoxy groups -OCH3 is 2. The van der Waals surface area contributed by atoms with Gasteiger partial charge in [0.1, 0.15) is 11.5 Å². The van der Waals surface area contributed by atoms with Gasteiger partial charge in [0.2, 0.25) is 5.91 Å². The Morgan fingerprint density at radius 2 is 1.85 bits per heavy atom. The van der Waals surface area contributed by atoms with Gasteiger partial charge < -0.3 is 14.8 Å². The molecule has 1 atom stereocenters. The average Bonchev–Trinajstić information content (AvgIpc) is 2.62. The van der Waals surface area contributed by atoms with Gasteiger partial charge in [-0.3, -0.25) is 9.69 Å². The third-order valence-corrected chi connectivity index (χ3v) is 4.59. The van der Waals surface area contributed by atoms with Crippen LogP contribution < -0.4 is 14.8 Å². The number of hydrogen-bond donors (Lipinski definition) is 1. The molecule has 26 heavy (non-hydrogen) atoms. The molecule has 0 aromatic heterocycles. The summed E-state index contributed by atoms with van der Waals surface area (Å²) in [7, 11) is 5.16. The summed E-state index contributed by atoms with van der Waals surface area (Å²) in [5, 5.41) is 3.02. The number of halogens is 1. The summed E-state index contributed by atoms with van der Waals surface area (Å²) in [6.45, 7) is 2.95. The maximum atomic E-state index is 12.4. The number of carbonyl (C=O) groups is 1. The monoisotopic (exact) mass is 420 g/mol. The SMILES string of the molecule is COc1ccc(OC)c([C@H](C)NC(=O)CN(C)Cc2ccc(Br)cc2)c1. The number of nitrogens with one attached hydrogen (secondary N) is 1. The summed E-state index contributed by atoms with van der Waals surface area (Å²) in [6, 6.07) is 13.5. The molecule has 2 rings (SSSR count). The molecule has 0 bridgehead atoms. The zero-order chi connectivity index (χ0) is 19.1. The van der Waals surface area contributed by atoms with Crippen LogP contribution >= 0.6 is 15.9 Å². The van der Waals surface area contributed by atoms with Crippen molar-refractivity contribution in [3.63, 3.8) is 0 Å². The third kappa shape index (κ3) is 5.75. The average molecular weight is 421 g/mol. The zero-order valence-corrected chi connectivity index (χ0v) is 17.2. The predicted molar refractivity (Wildman–Crippen MR) is 107 cm³/mol. The summed E-state index contributed by atoms with van der Waals surface area (Å²) < 4.78 is 11.7. The number of hydrogen-bond acceptors (Lipinski definition) is 4. The van der Waals surface area contributed by atoms with E-state index in [9.17, 15) is 4.79 Å². The van der Waals surface area contributed by atoms with Crippen LogP contribution in [0.2, 0.25) is 0 Å². The van der Waals surface area contributed by atoms with Crippen molar-refractivity contribution in [1.29, 1.82) is 0 Å². The topological polar surface area (TPSA) is 50.8 Å². The van der Waals surface area contributed by atoms with Crippen LogP contribution in [0.3, 0.4) is 0 Å². The molecule has 5 nitrogen and oxygen atoms in total. The van der Waals surface area contributed by atoms with E-state index < -0.39 is 0 Å². The summed E-state index contributed by atoms with van der Waals surface area (Å²) in [5.41, 5.74) is 2.04. The Morgan fingerprint density at radius 1 is 1.15 bits per heavy atom. The lowest BCUT2D eigenvalue weighted by Gasteiger charge is -2.21. The molecule has 0 spiro atoms. The van der Waals surface area contributed by atoms with Gasteiger partial charge in [-0.15, -0.1) is 0 Å². The molecule has 0 saturated carbocycles. The Morgan fingerprint density at radius 3 is 2.46 bits per heavy atom. The van der Waals surface area contributed by atoms with Crippen LogP contribution in [-0.4, -0.2) is 38.6 Å². The first-order chi connectivity index (χ1) is 12.4. The Hall–Kier alpha value is -2.05. The Labute approximate surface area is 163 Å². The van der Waals surface area contributed by atoms with Gasteiger partial charge in [-0.05, 0) is 49.9 Å². The molecule has 0 heterocycles. The Kier molecular flexibility index (Phi) is 7.48. The number of benzene rings is 2. The zero-order valence-electron chi connectivity index (χ0n) is 15.6. The van der Waals surface area contributed by atoms with E-state index in [2.05, 4.69) is 21.2 Å². The van der Waals surface area contributed by atoms with Gasteiger partial charge in [0.25, 0.3) is 0 Å². The Bertz CT molecular complexity index is 734. The highest BCUT2D eigenvalue weighted by molar-refractivity contribution is 9.10. The van der Waals surface area contributed by atoms with E-state index in [1.165, 1.54) is 0 Å². The molecule has 0 unspecified atom stereocenters. The van der Waals surface area contributed by atoms with E-state index in [-0.39, 0.29) is 11.9 Å². The fourth-order valence-corrected chi connectivity index (χ4v) is 3.01. The van der Waals surface area contributed by atoms with Gasteiger partial charge in [0.15, 0.2) is 0 Å². The fraction of sp³-hybridized carbons (Fsp3) is 0.350. The summed E-state index contributed by atoms with van der Waals surface area (Å²) in [4.78, 5) is 14.4. The molecule has 0 aliphatic carbocycles. The van der Waals surface area contributed by atoms with Gasteiger partial charge in [-0.25, -0.2) is 0 Å². The lowest BCUT2D eigenvalue weighted by molar-refractivity contribution is -0.122. The number of likely N-dealkylation sites (N-methyl/N-ethyl adjacent to an activating group) is 1. The number of ether oxygens (including phenoxy) is 2. The molecule has 0 aliphatic rings. The molecular formula is C20H25BrN2O3. The van der Waals surface area contributed by atoms with Crippen molar-refractivity contribution in [3.05, 3.63) is 58.1 Å². The minimum atomic E-state index is -0.186. The van der Waals surface area contributed by atoms with Crippen LogP contribution in [0.4, 0.5) is 0 Å². The van der Waals surface area contributed by atoms with Crippen LogP contribution in [0.1, 0.15) is 24.1 Å². The van der Waals surface area contributed by atoms with Crippen molar-refractivity contribution >= 4 is 21.8 Å². The maximum absolute atomic E-state index is 12.4. The van der Waals surface area contributed by atoms with Gasteiger partial charge >= 0.3 is 0 Å². The smallest absolute Gasteiger partial charge is 0.234 e. The van der Waals surface area contributed by atoms with Crippen LogP contribution in [0, 0.1) is 0 Å². The molecule has 140 valence electrons. The van der Waals surface area contributed by atoms with Crippen LogP contribution in [0.5, 0.6) is 11.5 Å². The van der Waals surface area contributed by atoms with Crippen molar-refractivity contribution in [1.82, 2.24) is 10.2 Å². The molecule has 0 fully saturated rings. The minimum absolute atomic E-state index is 0.0398. The molecule has 6 heteroatoms. The van der Waals surface area contributed by atoms with Gasteiger partial charge in [0.05, 0.1) is 26.8 Å². The van der Waals surface area contributed by atoms with Gasteiger partial charge in [-0.1, -0.05) is 28.1 Å². The second kappa shape index (κ2) is 9.59. The van der Waals surface area contributed by atoms with Crippen molar-refractivity contribution < 1.29 is 14.3 Å². The summed E-state index contributed by atoms with van der Waals surface area (Å²) >= 11 is 3.43. The minimum Gasteiger partial charge on any atom is -0.497 e. The molecule has 1 N–H and O–H groups in total. The second-order valence-corrected chi connectivity index (χ2v) is 7.11. The highest BCUT2D eigenvalue weighted by Gasteiger charge is 2.16. The molecule has 2 aromatic carbocycles. The normalized spacial score (nSPS) is 11.9. The summed E-state index contributed by atoms with van der Waals surface area (Å²) in [6.07, 6.45) is 0. The van der Waals surface area contributed by atoms with Crippen LogP contribution in [0.15, 0.2) is 46.9 Å². The first kappa shape index (κ1) is 20.3. The van der Waals surface area contributed by atoms with E-state index in [1.807, 2.05) is 61.3 Å². The molecular weight excluding hydrogens is 396 g/mol. The summed E-state index contributed by atoms with van der Waals surface area (Å²) in [5.74, 6) is 1.41. The fourth-order valence-electron chi connectivity index (χ4n) is 2.75. The molecule has 2 aromatic rings. The molecule has 0 radical (unpaired) electrons. The van der Waals surface area contributed by atoms with Crippen LogP contribution in [-0.2, 0) is 11.3 Å². The van der Waals surface area contributed by atoms with Crippen molar-refractivity contribution in [2.75, 3.05) is 27.8 Å².